The molecule has 1 heterocycles. The molecule has 76 valence electrons. The van der Waals surface area contributed by atoms with Crippen LogP contribution in [-0.2, 0) is 0 Å². The number of hydrogen-bond acceptors (Lipinski definition) is 2. The molecule has 0 aromatic heterocycles. The lowest BCUT2D eigenvalue weighted by atomic mass is 9.99. The van der Waals surface area contributed by atoms with Gasteiger partial charge in [0.2, 0.25) is 0 Å². The Morgan fingerprint density at radius 3 is 2.79 bits per heavy atom. The first-order valence-electron chi connectivity index (χ1n) is 4.86. The predicted molar refractivity (Wildman–Crippen MR) is 57.8 cm³/mol. The Hall–Kier alpha value is -0.730. The number of aryl methyl sites for hydroxylation is 1. The Bertz CT molecular complexity index is 365. The van der Waals surface area contributed by atoms with Gasteiger partial charge in [-0.25, -0.2) is 0 Å². The molecule has 1 aliphatic heterocycles. The molecule has 2 N–H and O–H groups in total. The molecule has 0 saturated heterocycles. The summed E-state index contributed by atoms with van der Waals surface area (Å²) in [6.07, 6.45) is 0.981. The minimum atomic E-state index is -0.0336. The summed E-state index contributed by atoms with van der Waals surface area (Å²) < 4.78 is 5.72. The van der Waals surface area contributed by atoms with Crippen LogP contribution in [0.5, 0.6) is 5.75 Å². The van der Waals surface area contributed by atoms with Gasteiger partial charge in [0.05, 0.1) is 11.1 Å². The predicted octanol–water partition coefficient (Wildman–Crippen LogP) is 2.82. The molecule has 2 rings (SSSR count). The van der Waals surface area contributed by atoms with E-state index in [4.69, 9.17) is 22.1 Å². The van der Waals surface area contributed by atoms with E-state index in [1.807, 2.05) is 19.1 Å². The monoisotopic (exact) mass is 211 g/mol. The van der Waals surface area contributed by atoms with Crippen LogP contribution in [0, 0.1) is 6.92 Å². The number of benzene rings is 1. The number of hydrogen-bond donors (Lipinski definition) is 1. The molecule has 1 aromatic rings. The van der Waals surface area contributed by atoms with Gasteiger partial charge in [-0.1, -0.05) is 24.6 Å². The van der Waals surface area contributed by atoms with Gasteiger partial charge in [0.1, 0.15) is 11.9 Å². The van der Waals surface area contributed by atoms with E-state index in [9.17, 15) is 0 Å². The zero-order valence-corrected chi connectivity index (χ0v) is 9.14. The Morgan fingerprint density at radius 1 is 1.50 bits per heavy atom. The van der Waals surface area contributed by atoms with Crippen molar-refractivity contribution in [2.24, 2.45) is 5.73 Å². The zero-order chi connectivity index (χ0) is 10.3. The maximum atomic E-state index is 6.09. The van der Waals surface area contributed by atoms with E-state index in [0.29, 0.717) is 5.02 Å². The van der Waals surface area contributed by atoms with Crippen molar-refractivity contribution >= 4 is 11.6 Å². The number of nitrogens with two attached hydrogens (primary N) is 1. The number of ether oxygens (including phenoxy) is 1. The highest BCUT2D eigenvalue weighted by atomic mass is 35.5. The fourth-order valence-electron chi connectivity index (χ4n) is 1.95. The van der Waals surface area contributed by atoms with Crippen LogP contribution in [0.1, 0.15) is 30.5 Å². The molecule has 14 heavy (non-hydrogen) atoms. The summed E-state index contributed by atoms with van der Waals surface area (Å²) in [7, 11) is 0. The molecule has 2 nitrogen and oxygen atoms in total. The van der Waals surface area contributed by atoms with Crippen LogP contribution in [0.3, 0.4) is 0 Å². The highest BCUT2D eigenvalue weighted by Crippen LogP contribution is 2.43. The van der Waals surface area contributed by atoms with Gasteiger partial charge >= 0.3 is 0 Å². The summed E-state index contributed by atoms with van der Waals surface area (Å²) in [5, 5.41) is 0.664. The Kier molecular flexibility index (Phi) is 2.41. The molecule has 0 fully saturated rings. The Labute approximate surface area is 89.0 Å². The standard InChI is InChI=1S/C11H14ClNO/c1-3-8-10(13)9-6(2)4-5-7(12)11(9)14-8/h4-5,8,10H,3,13H2,1-2H3. The van der Waals surface area contributed by atoms with E-state index in [2.05, 4.69) is 6.92 Å². The van der Waals surface area contributed by atoms with Crippen molar-refractivity contribution in [1.82, 2.24) is 0 Å². The fraction of sp³-hybridized carbons (Fsp3) is 0.455. The van der Waals surface area contributed by atoms with Crippen molar-refractivity contribution in [3.63, 3.8) is 0 Å². The van der Waals surface area contributed by atoms with Crippen LogP contribution >= 0.6 is 11.6 Å². The number of fused-ring (bicyclic) bond motifs is 1. The van der Waals surface area contributed by atoms with E-state index in [1.54, 1.807) is 0 Å². The second-order valence-electron chi connectivity index (χ2n) is 3.70. The van der Waals surface area contributed by atoms with Gasteiger partial charge in [0, 0.05) is 5.56 Å². The number of rotatable bonds is 1. The van der Waals surface area contributed by atoms with Crippen molar-refractivity contribution < 1.29 is 4.74 Å². The molecular formula is C11H14ClNO. The van der Waals surface area contributed by atoms with Crippen molar-refractivity contribution in [1.29, 1.82) is 0 Å². The fourth-order valence-corrected chi connectivity index (χ4v) is 2.16. The van der Waals surface area contributed by atoms with Gasteiger partial charge in [-0.05, 0) is 25.0 Å². The average Bonchev–Trinajstić information content (AvgIpc) is 2.51. The lowest BCUT2D eigenvalue weighted by Crippen LogP contribution is -2.24. The van der Waals surface area contributed by atoms with Crippen LogP contribution < -0.4 is 10.5 Å². The molecular weight excluding hydrogens is 198 g/mol. The molecule has 1 aromatic carbocycles. The summed E-state index contributed by atoms with van der Waals surface area (Å²) in [4.78, 5) is 0. The topological polar surface area (TPSA) is 35.2 Å². The van der Waals surface area contributed by atoms with Crippen LogP contribution in [0.15, 0.2) is 12.1 Å². The van der Waals surface area contributed by atoms with Crippen LogP contribution in [0.4, 0.5) is 0 Å². The molecule has 2 unspecified atom stereocenters. The van der Waals surface area contributed by atoms with Crippen molar-refractivity contribution in [3.05, 3.63) is 28.3 Å². The molecule has 0 spiro atoms. The molecule has 0 saturated carbocycles. The maximum Gasteiger partial charge on any atom is 0.143 e. The van der Waals surface area contributed by atoms with Gasteiger partial charge in [-0.15, -0.1) is 0 Å². The zero-order valence-electron chi connectivity index (χ0n) is 8.38. The van der Waals surface area contributed by atoms with Gasteiger partial charge in [0.25, 0.3) is 0 Å². The van der Waals surface area contributed by atoms with Gasteiger partial charge < -0.3 is 10.5 Å². The first-order valence-corrected chi connectivity index (χ1v) is 5.24. The van der Waals surface area contributed by atoms with Crippen LogP contribution in [0.25, 0.3) is 0 Å². The molecule has 0 amide bonds. The maximum absolute atomic E-state index is 6.09. The molecule has 2 atom stereocenters. The quantitative estimate of drug-likeness (QED) is 0.776. The SMILES string of the molecule is CCC1Oc2c(Cl)ccc(C)c2C1N. The first-order chi connectivity index (χ1) is 6.65. The third-order valence-electron chi connectivity index (χ3n) is 2.77. The van der Waals surface area contributed by atoms with Crippen molar-refractivity contribution in [2.75, 3.05) is 0 Å². The number of halogens is 1. The highest BCUT2D eigenvalue weighted by molar-refractivity contribution is 6.32. The smallest absolute Gasteiger partial charge is 0.143 e. The second kappa shape index (κ2) is 3.44. The third kappa shape index (κ3) is 1.30. The van der Waals surface area contributed by atoms with Gasteiger partial charge in [-0.3, -0.25) is 0 Å². The highest BCUT2D eigenvalue weighted by Gasteiger charge is 2.32. The lowest BCUT2D eigenvalue weighted by molar-refractivity contribution is 0.202. The summed E-state index contributed by atoms with van der Waals surface area (Å²) in [6.45, 7) is 4.11. The van der Waals surface area contributed by atoms with Crippen LogP contribution in [-0.4, -0.2) is 6.10 Å². The van der Waals surface area contributed by atoms with E-state index < -0.39 is 0 Å². The van der Waals surface area contributed by atoms with Gasteiger partial charge in [-0.2, -0.15) is 0 Å². The first kappa shape index (κ1) is 9.81. The summed E-state index contributed by atoms with van der Waals surface area (Å²) in [5.74, 6) is 0.783. The lowest BCUT2D eigenvalue weighted by Gasteiger charge is -2.12. The molecule has 0 bridgehead atoms. The minimum Gasteiger partial charge on any atom is -0.487 e. The van der Waals surface area contributed by atoms with E-state index in [-0.39, 0.29) is 12.1 Å². The third-order valence-corrected chi connectivity index (χ3v) is 3.07. The van der Waals surface area contributed by atoms with Crippen molar-refractivity contribution in [3.8, 4) is 5.75 Å². The second-order valence-corrected chi connectivity index (χ2v) is 4.10. The normalized spacial score (nSPS) is 24.6. The summed E-state index contributed by atoms with van der Waals surface area (Å²) in [6, 6.07) is 3.82. The largest absolute Gasteiger partial charge is 0.487 e. The van der Waals surface area contributed by atoms with E-state index >= 15 is 0 Å². The van der Waals surface area contributed by atoms with Crippen LogP contribution in [0.2, 0.25) is 5.02 Å². The summed E-state index contributed by atoms with van der Waals surface area (Å²) >= 11 is 6.05. The molecule has 1 aliphatic rings. The van der Waals surface area contributed by atoms with Gasteiger partial charge in [0.15, 0.2) is 0 Å². The Morgan fingerprint density at radius 2 is 2.21 bits per heavy atom. The minimum absolute atomic E-state index is 0.0336. The molecule has 0 radical (unpaired) electrons. The van der Waals surface area contributed by atoms with Crippen molar-refractivity contribution in [2.45, 2.75) is 32.4 Å². The average molecular weight is 212 g/mol. The molecule has 0 aliphatic carbocycles. The van der Waals surface area contributed by atoms with E-state index in [0.717, 1.165) is 23.3 Å². The molecule has 3 heteroatoms. The van der Waals surface area contributed by atoms with E-state index in [1.165, 1.54) is 0 Å². The summed E-state index contributed by atoms with van der Waals surface area (Å²) in [5.41, 5.74) is 8.32. The Balaban J connectivity index is 2.52.